The minimum absolute atomic E-state index is 0.0110. The molecule has 0 saturated carbocycles. The van der Waals surface area contributed by atoms with E-state index in [4.69, 9.17) is 10.6 Å². The van der Waals surface area contributed by atoms with Crippen molar-refractivity contribution in [2.45, 2.75) is 0 Å². The summed E-state index contributed by atoms with van der Waals surface area (Å²) in [6, 6.07) is 5.16. The maximum Gasteiger partial charge on any atom is 0.329 e. The Kier molecular flexibility index (Phi) is 4.50. The molecule has 0 spiro atoms. The van der Waals surface area contributed by atoms with Crippen molar-refractivity contribution in [3.8, 4) is 5.75 Å². The number of hydrogen-bond acceptors (Lipinski definition) is 8. The van der Waals surface area contributed by atoms with E-state index in [-0.39, 0.29) is 17.5 Å². The second-order valence-electron chi connectivity index (χ2n) is 3.80. The number of nitro groups is 1. The first kappa shape index (κ1) is 14.9. The first-order valence-electron chi connectivity index (χ1n) is 5.63. The maximum absolute atomic E-state index is 11.0. The Bertz CT molecular complexity index is 681. The average molecular weight is 355 g/mol. The fourth-order valence-electron chi connectivity index (χ4n) is 1.53. The van der Waals surface area contributed by atoms with Crippen molar-refractivity contribution in [2.24, 2.45) is 5.84 Å². The van der Waals surface area contributed by atoms with Gasteiger partial charge < -0.3 is 10.1 Å². The third-order valence-corrected chi connectivity index (χ3v) is 3.21. The highest BCUT2D eigenvalue weighted by Gasteiger charge is 2.18. The van der Waals surface area contributed by atoms with Crippen LogP contribution in [0.5, 0.6) is 5.75 Å². The van der Waals surface area contributed by atoms with Crippen molar-refractivity contribution >= 4 is 39.1 Å². The quantitative estimate of drug-likeness (QED) is 0.423. The predicted molar refractivity (Wildman–Crippen MR) is 80.5 cm³/mol. The number of nitrogens with zero attached hydrogens (tertiary/aromatic N) is 3. The van der Waals surface area contributed by atoms with E-state index in [2.05, 4.69) is 36.6 Å². The number of nitrogens with one attached hydrogen (secondary N) is 2. The largest absolute Gasteiger partial charge is 0.497 e. The van der Waals surface area contributed by atoms with Crippen LogP contribution in [0.3, 0.4) is 0 Å². The number of anilines is 3. The molecule has 2 rings (SSSR count). The number of hydrogen-bond donors (Lipinski definition) is 3. The molecule has 0 atom stereocenters. The average Bonchev–Trinajstić information content (AvgIpc) is 2.49. The van der Waals surface area contributed by atoms with Gasteiger partial charge in [0.15, 0.2) is 0 Å². The number of methoxy groups -OCH3 is 1. The van der Waals surface area contributed by atoms with Gasteiger partial charge in [-0.3, -0.25) is 15.5 Å². The number of halogens is 1. The molecule has 2 aromatic rings. The molecule has 4 N–H and O–H groups in total. The molecule has 10 heteroatoms. The standard InChI is InChI=1S/C11H11BrN6O3/c1-21-6-2-3-7(12)8(4-6)15-10-9(18(19)20)5-14-11(16-10)17-13/h2-5H,13H2,1H3,(H2,14,15,16,17). The van der Waals surface area contributed by atoms with Crippen molar-refractivity contribution < 1.29 is 9.66 Å². The van der Waals surface area contributed by atoms with Crippen LogP contribution in [0.15, 0.2) is 28.9 Å². The smallest absolute Gasteiger partial charge is 0.329 e. The molecule has 1 aromatic carbocycles. The van der Waals surface area contributed by atoms with E-state index in [1.165, 1.54) is 7.11 Å². The van der Waals surface area contributed by atoms with Gasteiger partial charge in [-0.1, -0.05) is 0 Å². The number of ether oxygens (including phenoxy) is 1. The summed E-state index contributed by atoms with van der Waals surface area (Å²) in [5, 5.41) is 13.9. The molecular weight excluding hydrogens is 344 g/mol. The van der Waals surface area contributed by atoms with Crippen molar-refractivity contribution in [3.05, 3.63) is 39.0 Å². The van der Waals surface area contributed by atoms with Crippen LogP contribution >= 0.6 is 15.9 Å². The zero-order chi connectivity index (χ0) is 15.4. The van der Waals surface area contributed by atoms with E-state index in [9.17, 15) is 10.1 Å². The zero-order valence-electron chi connectivity index (χ0n) is 10.8. The van der Waals surface area contributed by atoms with Gasteiger partial charge in [0.05, 0.1) is 17.7 Å². The predicted octanol–water partition coefficient (Wildman–Crippen LogP) is 2.19. The molecule has 1 heterocycles. The van der Waals surface area contributed by atoms with E-state index < -0.39 is 4.92 Å². The minimum Gasteiger partial charge on any atom is -0.497 e. The molecular formula is C11H11BrN6O3. The lowest BCUT2D eigenvalue weighted by atomic mass is 10.3. The van der Waals surface area contributed by atoms with E-state index in [0.29, 0.717) is 15.9 Å². The van der Waals surface area contributed by atoms with Crippen LogP contribution in [0.25, 0.3) is 0 Å². The molecule has 110 valence electrons. The number of hydrazine groups is 1. The minimum atomic E-state index is -0.587. The Labute approximate surface area is 127 Å². The Morgan fingerprint density at radius 1 is 1.48 bits per heavy atom. The van der Waals surface area contributed by atoms with Crippen molar-refractivity contribution in [1.29, 1.82) is 0 Å². The van der Waals surface area contributed by atoms with Gasteiger partial charge in [-0.05, 0) is 28.1 Å². The summed E-state index contributed by atoms with van der Waals surface area (Å²) in [4.78, 5) is 18.1. The van der Waals surface area contributed by atoms with Crippen molar-refractivity contribution in [2.75, 3.05) is 17.9 Å². The maximum atomic E-state index is 11.0. The molecule has 0 aliphatic heterocycles. The summed E-state index contributed by atoms with van der Waals surface area (Å²) in [7, 11) is 1.52. The number of nitrogens with two attached hydrogens (primary N) is 1. The third-order valence-electron chi connectivity index (χ3n) is 2.52. The van der Waals surface area contributed by atoms with Crippen LogP contribution in [-0.4, -0.2) is 22.0 Å². The Morgan fingerprint density at radius 3 is 2.86 bits per heavy atom. The topological polar surface area (TPSA) is 128 Å². The van der Waals surface area contributed by atoms with Crippen LogP contribution in [0.2, 0.25) is 0 Å². The van der Waals surface area contributed by atoms with Gasteiger partial charge in [0.1, 0.15) is 11.9 Å². The molecule has 0 fully saturated rings. The fourth-order valence-corrected chi connectivity index (χ4v) is 1.87. The number of benzene rings is 1. The lowest BCUT2D eigenvalue weighted by Gasteiger charge is -2.10. The zero-order valence-corrected chi connectivity index (χ0v) is 12.4. The fraction of sp³-hybridized carbons (Fsp3) is 0.0909. The number of nitrogen functional groups attached to an aromatic ring is 1. The summed E-state index contributed by atoms with van der Waals surface area (Å²) >= 11 is 3.34. The summed E-state index contributed by atoms with van der Waals surface area (Å²) < 4.78 is 5.80. The SMILES string of the molecule is COc1ccc(Br)c(Nc2nc(NN)ncc2[N+](=O)[O-])c1. The normalized spacial score (nSPS) is 10.0. The summed E-state index contributed by atoms with van der Waals surface area (Å²) in [6.45, 7) is 0. The van der Waals surface area contributed by atoms with Crippen molar-refractivity contribution in [1.82, 2.24) is 9.97 Å². The molecule has 0 radical (unpaired) electrons. The highest BCUT2D eigenvalue weighted by atomic mass is 79.9. The van der Waals surface area contributed by atoms with Gasteiger partial charge in [0.25, 0.3) is 0 Å². The Hall–Kier alpha value is -2.46. The van der Waals surface area contributed by atoms with Gasteiger partial charge in [0.2, 0.25) is 11.8 Å². The molecule has 21 heavy (non-hydrogen) atoms. The molecule has 0 aliphatic rings. The number of rotatable bonds is 5. The van der Waals surface area contributed by atoms with Gasteiger partial charge in [0, 0.05) is 10.5 Å². The highest BCUT2D eigenvalue weighted by Crippen LogP contribution is 2.32. The molecule has 9 nitrogen and oxygen atoms in total. The van der Waals surface area contributed by atoms with Gasteiger partial charge in [-0.15, -0.1) is 0 Å². The van der Waals surface area contributed by atoms with E-state index in [0.717, 1.165) is 6.20 Å². The molecule has 1 aromatic heterocycles. The van der Waals surface area contributed by atoms with E-state index in [1.807, 2.05) is 0 Å². The highest BCUT2D eigenvalue weighted by molar-refractivity contribution is 9.10. The second-order valence-corrected chi connectivity index (χ2v) is 4.65. The van der Waals surface area contributed by atoms with Crippen molar-refractivity contribution in [3.63, 3.8) is 0 Å². The van der Waals surface area contributed by atoms with Gasteiger partial charge in [-0.25, -0.2) is 10.8 Å². The van der Waals surface area contributed by atoms with Crippen LogP contribution in [0.1, 0.15) is 0 Å². The van der Waals surface area contributed by atoms with Gasteiger partial charge in [-0.2, -0.15) is 4.98 Å². The second kappa shape index (κ2) is 6.33. The summed E-state index contributed by atoms with van der Waals surface area (Å²) in [5.41, 5.74) is 2.52. The lowest BCUT2D eigenvalue weighted by molar-refractivity contribution is -0.384. The van der Waals surface area contributed by atoms with Crippen LogP contribution in [-0.2, 0) is 0 Å². The van der Waals surface area contributed by atoms with E-state index >= 15 is 0 Å². The molecule has 0 bridgehead atoms. The lowest BCUT2D eigenvalue weighted by Crippen LogP contribution is -2.12. The van der Waals surface area contributed by atoms with Crippen LogP contribution < -0.4 is 21.3 Å². The Balaban J connectivity index is 2.44. The van der Waals surface area contributed by atoms with Crippen LogP contribution in [0.4, 0.5) is 23.1 Å². The molecule has 0 unspecified atom stereocenters. The monoisotopic (exact) mass is 354 g/mol. The first-order chi connectivity index (χ1) is 10.0. The third kappa shape index (κ3) is 3.35. The van der Waals surface area contributed by atoms with Crippen LogP contribution in [0, 0.1) is 10.1 Å². The molecule has 0 aliphatic carbocycles. The molecule has 0 amide bonds. The first-order valence-corrected chi connectivity index (χ1v) is 6.43. The Morgan fingerprint density at radius 2 is 2.24 bits per heavy atom. The molecule has 0 saturated heterocycles. The van der Waals surface area contributed by atoms with Gasteiger partial charge >= 0.3 is 5.69 Å². The number of aromatic nitrogens is 2. The summed E-state index contributed by atoms with van der Waals surface area (Å²) in [5.74, 6) is 5.87. The summed E-state index contributed by atoms with van der Waals surface area (Å²) in [6.07, 6.45) is 1.07. The van der Waals surface area contributed by atoms with E-state index in [1.54, 1.807) is 18.2 Å².